The lowest BCUT2D eigenvalue weighted by Gasteiger charge is -2.29. The van der Waals surface area contributed by atoms with Gasteiger partial charge in [-0.2, -0.15) is 0 Å². The Bertz CT molecular complexity index is 613. The van der Waals surface area contributed by atoms with Gasteiger partial charge in [-0.1, -0.05) is 12.1 Å². The molecule has 5 nitrogen and oxygen atoms in total. The fraction of sp³-hybridized carbons (Fsp3) is 0.500. The fourth-order valence-electron chi connectivity index (χ4n) is 2.98. The topological polar surface area (TPSA) is 53.1 Å². The van der Waals surface area contributed by atoms with Gasteiger partial charge >= 0.3 is 0 Å². The molecule has 3 rings (SSSR count). The smallest absolute Gasteiger partial charge is 0.172 e. The Morgan fingerprint density at radius 3 is 2.64 bits per heavy atom. The predicted octanol–water partition coefficient (Wildman–Crippen LogP) is 2.53. The van der Waals surface area contributed by atoms with Crippen molar-refractivity contribution in [2.75, 3.05) is 43.9 Å². The molecule has 0 spiro atoms. The van der Waals surface area contributed by atoms with E-state index < -0.39 is 0 Å². The molecule has 120 valence electrons. The highest BCUT2D eigenvalue weighted by atomic mass is 35.5. The van der Waals surface area contributed by atoms with Gasteiger partial charge in [0.25, 0.3) is 0 Å². The van der Waals surface area contributed by atoms with Gasteiger partial charge in [0.2, 0.25) is 0 Å². The van der Waals surface area contributed by atoms with Gasteiger partial charge in [0.1, 0.15) is 0 Å². The lowest BCUT2D eigenvalue weighted by atomic mass is 9.99. The molecule has 0 aliphatic carbocycles. The second-order valence-corrected chi connectivity index (χ2v) is 5.73. The summed E-state index contributed by atoms with van der Waals surface area (Å²) < 4.78 is 0. The second-order valence-electron chi connectivity index (χ2n) is 5.73. The Labute approximate surface area is 137 Å². The Balaban J connectivity index is 0.00000176. The molecule has 1 aromatic heterocycles. The van der Waals surface area contributed by atoms with Crippen molar-refractivity contribution in [3.8, 4) is 0 Å². The number of hydrogen-bond acceptors (Lipinski definition) is 5. The van der Waals surface area contributed by atoms with Crippen LogP contribution in [0.5, 0.6) is 0 Å². The monoisotopic (exact) mass is 321 g/mol. The molecule has 2 aromatic rings. The van der Waals surface area contributed by atoms with Crippen molar-refractivity contribution >= 4 is 35.1 Å². The zero-order valence-electron chi connectivity index (χ0n) is 13.2. The van der Waals surface area contributed by atoms with E-state index in [1.807, 2.05) is 31.3 Å². The van der Waals surface area contributed by atoms with E-state index in [9.17, 15) is 0 Å². The molecule has 1 aromatic carbocycles. The second kappa shape index (κ2) is 7.61. The number of fused-ring (bicyclic) bond motifs is 1. The predicted molar refractivity (Wildman–Crippen MR) is 95.2 cm³/mol. The minimum absolute atomic E-state index is 0. The summed E-state index contributed by atoms with van der Waals surface area (Å²) in [6, 6.07) is 8.01. The molecular formula is C16H24ClN5. The number of nitrogens with one attached hydrogen (secondary N) is 2. The average molecular weight is 322 g/mol. The molecule has 0 amide bonds. The van der Waals surface area contributed by atoms with Crippen molar-refractivity contribution in [1.82, 2.24) is 15.3 Å². The molecule has 0 saturated carbocycles. The Morgan fingerprint density at radius 2 is 2.00 bits per heavy atom. The number of nitrogens with zero attached hydrogens (tertiary/aromatic N) is 3. The maximum atomic E-state index is 4.79. The number of rotatable bonds is 4. The van der Waals surface area contributed by atoms with E-state index in [2.05, 4.69) is 27.6 Å². The van der Waals surface area contributed by atoms with Gasteiger partial charge in [-0.3, -0.25) is 0 Å². The molecule has 1 atom stereocenters. The van der Waals surface area contributed by atoms with Gasteiger partial charge in [-0.05, 0) is 44.0 Å². The van der Waals surface area contributed by atoms with E-state index in [0.29, 0.717) is 5.92 Å². The first-order valence-electron chi connectivity index (χ1n) is 7.64. The van der Waals surface area contributed by atoms with Gasteiger partial charge < -0.3 is 15.5 Å². The summed E-state index contributed by atoms with van der Waals surface area (Å²) in [5.74, 6) is 2.46. The van der Waals surface area contributed by atoms with Crippen LogP contribution in [0.25, 0.3) is 11.0 Å². The van der Waals surface area contributed by atoms with Crippen molar-refractivity contribution in [2.24, 2.45) is 5.92 Å². The highest BCUT2D eigenvalue weighted by molar-refractivity contribution is 5.85. The maximum absolute atomic E-state index is 4.79. The van der Waals surface area contributed by atoms with Gasteiger partial charge in [0.05, 0.1) is 11.0 Å². The van der Waals surface area contributed by atoms with E-state index in [0.717, 1.165) is 42.3 Å². The molecular weight excluding hydrogens is 298 g/mol. The molecule has 1 aliphatic rings. The first kappa shape index (κ1) is 16.8. The first-order valence-corrected chi connectivity index (χ1v) is 7.64. The fourth-order valence-corrected chi connectivity index (χ4v) is 2.98. The highest BCUT2D eigenvalue weighted by Crippen LogP contribution is 2.25. The summed E-state index contributed by atoms with van der Waals surface area (Å²) in [5.41, 5.74) is 1.87. The minimum Gasteiger partial charge on any atom is -0.370 e. The van der Waals surface area contributed by atoms with E-state index >= 15 is 0 Å². The number of halogens is 1. The van der Waals surface area contributed by atoms with E-state index in [1.54, 1.807) is 0 Å². The summed E-state index contributed by atoms with van der Waals surface area (Å²) in [4.78, 5) is 11.7. The van der Waals surface area contributed by atoms with Crippen LogP contribution < -0.4 is 15.5 Å². The SMILES string of the molecule is CNc1nc2ccccc2nc1N(C)CC1CCCNC1.Cl. The van der Waals surface area contributed by atoms with Crippen LogP contribution in [0.2, 0.25) is 0 Å². The lowest BCUT2D eigenvalue weighted by molar-refractivity contribution is 0.380. The van der Waals surface area contributed by atoms with Crippen LogP contribution in [-0.4, -0.2) is 43.7 Å². The minimum atomic E-state index is 0. The number of para-hydroxylation sites is 2. The Kier molecular flexibility index (Phi) is 5.80. The largest absolute Gasteiger partial charge is 0.370 e. The van der Waals surface area contributed by atoms with Crippen molar-refractivity contribution in [1.29, 1.82) is 0 Å². The van der Waals surface area contributed by atoms with Crippen molar-refractivity contribution in [2.45, 2.75) is 12.8 Å². The summed E-state index contributed by atoms with van der Waals surface area (Å²) in [5, 5.41) is 6.65. The molecule has 1 saturated heterocycles. The first-order chi connectivity index (χ1) is 10.3. The number of aromatic nitrogens is 2. The standard InChI is InChI=1S/C16H23N5.ClH/c1-17-15-16(20-14-8-4-3-7-13(14)19-15)21(2)11-12-6-5-9-18-10-12;/h3-4,7-8,12,18H,5-6,9-11H2,1-2H3,(H,17,19);1H. The lowest BCUT2D eigenvalue weighted by Crippen LogP contribution is -2.37. The van der Waals surface area contributed by atoms with Crippen molar-refractivity contribution in [3.05, 3.63) is 24.3 Å². The Morgan fingerprint density at radius 1 is 1.27 bits per heavy atom. The van der Waals surface area contributed by atoms with Crippen LogP contribution >= 0.6 is 12.4 Å². The molecule has 1 aliphatic heterocycles. The van der Waals surface area contributed by atoms with Crippen LogP contribution in [0, 0.1) is 5.92 Å². The zero-order chi connectivity index (χ0) is 14.7. The highest BCUT2D eigenvalue weighted by Gasteiger charge is 2.18. The van der Waals surface area contributed by atoms with Crippen LogP contribution in [0.4, 0.5) is 11.6 Å². The molecule has 0 bridgehead atoms. The quantitative estimate of drug-likeness (QED) is 0.906. The van der Waals surface area contributed by atoms with Crippen LogP contribution in [0.1, 0.15) is 12.8 Å². The van der Waals surface area contributed by atoms with Gasteiger partial charge in [0, 0.05) is 20.6 Å². The van der Waals surface area contributed by atoms with E-state index in [4.69, 9.17) is 4.98 Å². The number of hydrogen-bond donors (Lipinski definition) is 2. The third-order valence-corrected chi connectivity index (χ3v) is 4.08. The summed E-state index contributed by atoms with van der Waals surface area (Å²) >= 11 is 0. The van der Waals surface area contributed by atoms with E-state index in [1.165, 1.54) is 12.8 Å². The van der Waals surface area contributed by atoms with Crippen molar-refractivity contribution < 1.29 is 0 Å². The van der Waals surface area contributed by atoms with Crippen LogP contribution in [0.15, 0.2) is 24.3 Å². The summed E-state index contributed by atoms with van der Waals surface area (Å²) in [7, 11) is 4.01. The van der Waals surface area contributed by atoms with Crippen LogP contribution in [0.3, 0.4) is 0 Å². The molecule has 6 heteroatoms. The molecule has 1 unspecified atom stereocenters. The summed E-state index contributed by atoms with van der Waals surface area (Å²) in [6.07, 6.45) is 2.55. The molecule has 22 heavy (non-hydrogen) atoms. The van der Waals surface area contributed by atoms with Crippen molar-refractivity contribution in [3.63, 3.8) is 0 Å². The molecule has 2 heterocycles. The van der Waals surface area contributed by atoms with Gasteiger partial charge in [-0.15, -0.1) is 12.4 Å². The number of benzene rings is 1. The Hall–Kier alpha value is -1.59. The zero-order valence-corrected chi connectivity index (χ0v) is 14.0. The normalized spacial score (nSPS) is 17.8. The van der Waals surface area contributed by atoms with E-state index in [-0.39, 0.29) is 12.4 Å². The molecule has 1 fully saturated rings. The molecule has 2 N–H and O–H groups in total. The number of anilines is 2. The van der Waals surface area contributed by atoms with Gasteiger partial charge in [0.15, 0.2) is 11.6 Å². The third kappa shape index (κ3) is 3.59. The average Bonchev–Trinajstić information content (AvgIpc) is 2.54. The summed E-state index contributed by atoms with van der Waals surface area (Å²) in [6.45, 7) is 3.26. The maximum Gasteiger partial charge on any atom is 0.172 e. The third-order valence-electron chi connectivity index (χ3n) is 4.08. The number of piperidine rings is 1. The van der Waals surface area contributed by atoms with Gasteiger partial charge in [-0.25, -0.2) is 9.97 Å². The molecule has 0 radical (unpaired) electrons. The van der Waals surface area contributed by atoms with Crippen LogP contribution in [-0.2, 0) is 0 Å².